The van der Waals surface area contributed by atoms with Crippen LogP contribution in [0.15, 0.2) is 67.4 Å². The van der Waals surface area contributed by atoms with Gasteiger partial charge in [-0.25, -0.2) is 4.79 Å². The van der Waals surface area contributed by atoms with Crippen molar-refractivity contribution in [1.82, 2.24) is 19.7 Å². The van der Waals surface area contributed by atoms with Crippen LogP contribution in [0.3, 0.4) is 0 Å². The molecule has 2 aliphatic rings. The summed E-state index contributed by atoms with van der Waals surface area (Å²) < 4.78 is 0. The number of H-pyrrole nitrogens is 1. The smallest absolute Gasteiger partial charge is 0.328 e. The van der Waals surface area contributed by atoms with Crippen molar-refractivity contribution in [3.8, 4) is 0 Å². The van der Waals surface area contributed by atoms with E-state index in [1.54, 1.807) is 0 Å². The Balaban J connectivity index is 1.42. The number of anilines is 1. The first kappa shape index (κ1) is 25.2. The van der Waals surface area contributed by atoms with E-state index in [4.69, 9.17) is 0 Å². The second-order valence-corrected chi connectivity index (χ2v) is 10.6. The minimum absolute atomic E-state index is 0.0910. The van der Waals surface area contributed by atoms with Crippen molar-refractivity contribution in [2.24, 2.45) is 5.92 Å². The fourth-order valence-electron chi connectivity index (χ4n) is 6.14. The maximum absolute atomic E-state index is 14.1. The third-order valence-corrected chi connectivity index (χ3v) is 7.81. The minimum atomic E-state index is -0.356. The highest BCUT2D eigenvalue weighted by Crippen LogP contribution is 2.45. The van der Waals surface area contributed by atoms with E-state index in [2.05, 4.69) is 51.1 Å². The summed E-state index contributed by atoms with van der Waals surface area (Å²) in [5.74, 6) is -0.125. The van der Waals surface area contributed by atoms with E-state index in [0.717, 1.165) is 37.9 Å². The zero-order valence-corrected chi connectivity index (χ0v) is 21.8. The number of hydrogen-bond acceptors (Lipinski definition) is 4. The van der Waals surface area contributed by atoms with Crippen molar-refractivity contribution in [3.05, 3.63) is 78.5 Å². The third-order valence-electron chi connectivity index (χ3n) is 7.81. The van der Waals surface area contributed by atoms with E-state index in [1.807, 2.05) is 50.5 Å². The van der Waals surface area contributed by atoms with Gasteiger partial charge >= 0.3 is 6.03 Å². The summed E-state index contributed by atoms with van der Waals surface area (Å²) in [5, 5.41) is 4.24. The lowest BCUT2D eigenvalue weighted by Gasteiger charge is -2.47. The number of aromatic amines is 1. The Hall–Kier alpha value is -3.42. The van der Waals surface area contributed by atoms with E-state index >= 15 is 0 Å². The third kappa shape index (κ3) is 5.20. The Morgan fingerprint density at radius 1 is 1.14 bits per heavy atom. The van der Waals surface area contributed by atoms with Crippen molar-refractivity contribution in [2.75, 3.05) is 45.6 Å². The molecular formula is C30H37N5O2. The topological polar surface area (TPSA) is 71.7 Å². The average molecular weight is 500 g/mol. The Kier molecular flexibility index (Phi) is 7.44. The Labute approximate surface area is 219 Å². The van der Waals surface area contributed by atoms with Gasteiger partial charge in [0, 0.05) is 54.4 Å². The molecule has 7 nitrogen and oxygen atoms in total. The van der Waals surface area contributed by atoms with Crippen LogP contribution in [-0.2, 0) is 11.2 Å². The van der Waals surface area contributed by atoms with Crippen molar-refractivity contribution >= 4 is 28.5 Å². The fraction of sp³-hybridized carbons (Fsp3) is 0.400. The molecule has 1 aliphatic heterocycles. The number of nitrogens with zero attached hydrogens (tertiary/aromatic N) is 3. The number of benzene rings is 2. The van der Waals surface area contributed by atoms with E-state index in [9.17, 15) is 9.59 Å². The molecule has 1 unspecified atom stereocenters. The molecule has 37 heavy (non-hydrogen) atoms. The van der Waals surface area contributed by atoms with Crippen LogP contribution in [0, 0.1) is 5.92 Å². The second kappa shape index (κ2) is 10.9. The summed E-state index contributed by atoms with van der Waals surface area (Å²) in [6, 6.07) is 15.7. The van der Waals surface area contributed by atoms with Gasteiger partial charge in [-0.2, -0.15) is 0 Å². The highest BCUT2D eigenvalue weighted by atomic mass is 16.2. The lowest BCUT2D eigenvalue weighted by molar-refractivity contribution is -0.135. The number of urea groups is 1. The predicted octanol–water partition coefficient (Wildman–Crippen LogP) is 4.70. The zero-order chi connectivity index (χ0) is 25.9. The molecule has 0 saturated carbocycles. The normalized spacial score (nSPS) is 21.0. The summed E-state index contributed by atoms with van der Waals surface area (Å²) in [5.41, 5.74) is 4.50. The van der Waals surface area contributed by atoms with Gasteiger partial charge in [0.1, 0.15) is 0 Å². The number of imide groups is 1. The molecule has 5 rings (SSSR count). The number of aromatic nitrogens is 1. The van der Waals surface area contributed by atoms with Crippen LogP contribution >= 0.6 is 0 Å². The Bertz CT molecular complexity index is 1270. The minimum Gasteiger partial charge on any atom is -0.361 e. The molecular weight excluding hydrogens is 462 g/mol. The van der Waals surface area contributed by atoms with Crippen LogP contribution in [0.25, 0.3) is 10.9 Å². The monoisotopic (exact) mass is 499 g/mol. The molecule has 3 aromatic rings. The molecule has 7 heteroatoms. The lowest BCUT2D eigenvalue weighted by atomic mass is 9.72. The van der Waals surface area contributed by atoms with Crippen LogP contribution in [0.5, 0.6) is 0 Å². The van der Waals surface area contributed by atoms with Gasteiger partial charge in [0.2, 0.25) is 5.91 Å². The molecule has 3 atom stereocenters. The average Bonchev–Trinajstić information content (AvgIpc) is 3.31. The summed E-state index contributed by atoms with van der Waals surface area (Å²) in [4.78, 5) is 36.8. The number of fused-ring (bicyclic) bond motifs is 2. The highest BCUT2D eigenvalue weighted by molar-refractivity contribution is 6.02. The number of likely N-dealkylation sites (tertiary alicyclic amines) is 1. The molecule has 1 aromatic heterocycles. The maximum atomic E-state index is 14.1. The largest absolute Gasteiger partial charge is 0.361 e. The maximum Gasteiger partial charge on any atom is 0.328 e. The van der Waals surface area contributed by atoms with Gasteiger partial charge in [-0.05, 0) is 69.2 Å². The second-order valence-electron chi connectivity index (χ2n) is 10.6. The Morgan fingerprint density at radius 3 is 2.70 bits per heavy atom. The first-order valence-electron chi connectivity index (χ1n) is 13.2. The first-order chi connectivity index (χ1) is 18.0. The molecule has 1 saturated heterocycles. The van der Waals surface area contributed by atoms with E-state index < -0.39 is 0 Å². The van der Waals surface area contributed by atoms with Crippen LogP contribution in [0.1, 0.15) is 29.9 Å². The highest BCUT2D eigenvalue weighted by Gasteiger charge is 2.44. The first-order valence-corrected chi connectivity index (χ1v) is 13.2. The summed E-state index contributed by atoms with van der Waals surface area (Å²) in [6.45, 7) is 6.53. The van der Waals surface area contributed by atoms with Gasteiger partial charge < -0.3 is 15.2 Å². The molecule has 2 heterocycles. The molecule has 0 spiro atoms. The van der Waals surface area contributed by atoms with E-state index in [-0.39, 0.29) is 23.8 Å². The van der Waals surface area contributed by atoms with Crippen molar-refractivity contribution in [1.29, 1.82) is 0 Å². The number of carbonyl (C=O) groups is 2. The summed E-state index contributed by atoms with van der Waals surface area (Å²) >= 11 is 0. The number of para-hydroxylation sites is 1. The van der Waals surface area contributed by atoms with Gasteiger partial charge in [0.25, 0.3) is 0 Å². The quantitative estimate of drug-likeness (QED) is 0.441. The van der Waals surface area contributed by atoms with Gasteiger partial charge in [0.05, 0.1) is 5.92 Å². The van der Waals surface area contributed by atoms with Gasteiger partial charge in [-0.3, -0.25) is 14.6 Å². The summed E-state index contributed by atoms with van der Waals surface area (Å²) in [7, 11) is 4.01. The van der Waals surface area contributed by atoms with Crippen LogP contribution < -0.4 is 5.32 Å². The SMILES string of the molecule is C=CCN1C[C@H](C(=O)N(CCCN(C)C)C(=O)Nc2ccccc2)CC2c3cccc4[nH]cc(c34)C[C@H]21. The number of nitrogens with one attached hydrogen (secondary N) is 2. The molecule has 0 radical (unpaired) electrons. The van der Waals surface area contributed by atoms with Crippen molar-refractivity contribution in [3.63, 3.8) is 0 Å². The molecule has 2 N–H and O–H groups in total. The van der Waals surface area contributed by atoms with Crippen LogP contribution in [-0.4, -0.2) is 77.9 Å². The number of piperidine rings is 1. The molecule has 1 aliphatic carbocycles. The van der Waals surface area contributed by atoms with Crippen LogP contribution in [0.2, 0.25) is 0 Å². The van der Waals surface area contributed by atoms with Crippen LogP contribution in [0.4, 0.5) is 10.5 Å². The standard InChI is InChI=1S/C30H37N5O2/c1-4-14-34-20-22(17-25-24-12-8-13-26-28(24)21(19-31-26)18-27(25)34)29(36)35(16-9-15-33(2)3)30(37)32-23-10-6-5-7-11-23/h4-8,10-13,19,22,25,27,31H,1,9,14-18,20H2,2-3H3,(H,32,37)/t22-,25?,27-/m1/s1. The number of amides is 3. The molecule has 2 aromatic carbocycles. The Morgan fingerprint density at radius 2 is 1.95 bits per heavy atom. The van der Waals surface area contributed by atoms with E-state index in [1.165, 1.54) is 21.4 Å². The fourth-order valence-corrected chi connectivity index (χ4v) is 6.14. The number of rotatable bonds is 8. The van der Waals surface area contributed by atoms with Gasteiger partial charge in [0.15, 0.2) is 0 Å². The number of hydrogen-bond donors (Lipinski definition) is 2. The number of carbonyl (C=O) groups excluding carboxylic acids is 2. The van der Waals surface area contributed by atoms with Crippen molar-refractivity contribution < 1.29 is 9.59 Å². The predicted molar refractivity (Wildman–Crippen MR) is 149 cm³/mol. The molecule has 0 bridgehead atoms. The van der Waals surface area contributed by atoms with Gasteiger partial charge in [-0.1, -0.05) is 36.4 Å². The molecule has 194 valence electrons. The summed E-state index contributed by atoms with van der Waals surface area (Å²) in [6.07, 6.45) is 6.48. The zero-order valence-electron chi connectivity index (χ0n) is 21.8. The molecule has 1 fully saturated rings. The lowest BCUT2D eigenvalue weighted by Crippen LogP contribution is -2.54. The van der Waals surface area contributed by atoms with Gasteiger partial charge in [-0.15, -0.1) is 6.58 Å². The van der Waals surface area contributed by atoms with Crippen molar-refractivity contribution in [2.45, 2.75) is 31.2 Å². The van der Waals surface area contributed by atoms with E-state index in [0.29, 0.717) is 24.8 Å². The molecule has 3 amide bonds.